The molecule has 0 radical (unpaired) electrons. The van der Waals surface area contributed by atoms with Gasteiger partial charge < -0.3 is 10.6 Å². The standard InChI is InChI=1S/C13H13Cl2N3O3/c1-13(2)11(20)18(12(21)17-13)6-10(19)16-9-4-3-7(14)5-8(9)15/h3-5H,6H2,1-2H3,(H,16,19)(H,17,21). The van der Waals surface area contributed by atoms with Crippen molar-refractivity contribution in [2.75, 3.05) is 11.9 Å². The maximum absolute atomic E-state index is 12.0. The van der Waals surface area contributed by atoms with Crippen molar-refractivity contribution >= 4 is 46.7 Å². The first-order chi connectivity index (χ1) is 9.70. The third-order valence-electron chi connectivity index (χ3n) is 2.95. The molecule has 21 heavy (non-hydrogen) atoms. The van der Waals surface area contributed by atoms with E-state index in [0.29, 0.717) is 10.7 Å². The monoisotopic (exact) mass is 329 g/mol. The quantitative estimate of drug-likeness (QED) is 0.835. The molecule has 0 bridgehead atoms. The van der Waals surface area contributed by atoms with Crippen molar-refractivity contribution < 1.29 is 14.4 Å². The third kappa shape index (κ3) is 3.28. The number of imide groups is 1. The van der Waals surface area contributed by atoms with E-state index in [4.69, 9.17) is 23.2 Å². The van der Waals surface area contributed by atoms with Crippen LogP contribution in [0.4, 0.5) is 10.5 Å². The molecule has 2 rings (SSSR count). The second kappa shape index (κ2) is 5.54. The molecule has 0 atom stereocenters. The zero-order valence-electron chi connectivity index (χ0n) is 11.4. The molecule has 4 amide bonds. The Hall–Kier alpha value is -1.79. The maximum Gasteiger partial charge on any atom is 0.325 e. The highest BCUT2D eigenvalue weighted by molar-refractivity contribution is 6.36. The number of hydrogen-bond acceptors (Lipinski definition) is 3. The maximum atomic E-state index is 12.0. The summed E-state index contributed by atoms with van der Waals surface area (Å²) in [5, 5.41) is 5.73. The topological polar surface area (TPSA) is 78.5 Å². The summed E-state index contributed by atoms with van der Waals surface area (Å²) in [5.41, 5.74) is -0.646. The van der Waals surface area contributed by atoms with Gasteiger partial charge in [-0.05, 0) is 32.0 Å². The predicted molar refractivity (Wildman–Crippen MR) is 79.4 cm³/mol. The summed E-state index contributed by atoms with van der Waals surface area (Å²) in [5.74, 6) is -0.981. The molecule has 8 heteroatoms. The molecule has 0 aromatic heterocycles. The largest absolute Gasteiger partial charge is 0.325 e. The SMILES string of the molecule is CC1(C)NC(=O)N(CC(=O)Nc2ccc(Cl)cc2Cl)C1=O. The summed E-state index contributed by atoms with van der Waals surface area (Å²) in [4.78, 5) is 36.4. The lowest BCUT2D eigenvalue weighted by Gasteiger charge is -2.16. The van der Waals surface area contributed by atoms with Crippen molar-refractivity contribution in [3.63, 3.8) is 0 Å². The van der Waals surface area contributed by atoms with Crippen molar-refractivity contribution in [1.82, 2.24) is 10.2 Å². The molecule has 1 aromatic carbocycles. The van der Waals surface area contributed by atoms with Gasteiger partial charge in [0.1, 0.15) is 12.1 Å². The summed E-state index contributed by atoms with van der Waals surface area (Å²) in [7, 11) is 0. The van der Waals surface area contributed by atoms with Crippen LogP contribution >= 0.6 is 23.2 Å². The Balaban J connectivity index is 2.06. The van der Waals surface area contributed by atoms with Crippen LogP contribution in [0.15, 0.2) is 18.2 Å². The van der Waals surface area contributed by atoms with Gasteiger partial charge in [0.15, 0.2) is 0 Å². The Morgan fingerprint density at radius 2 is 2.00 bits per heavy atom. The zero-order chi connectivity index (χ0) is 15.8. The molecule has 1 aliphatic rings. The lowest BCUT2D eigenvalue weighted by molar-refractivity contribution is -0.132. The summed E-state index contributed by atoms with van der Waals surface area (Å²) >= 11 is 11.7. The van der Waals surface area contributed by atoms with Gasteiger partial charge in [-0.15, -0.1) is 0 Å². The first-order valence-electron chi connectivity index (χ1n) is 6.10. The van der Waals surface area contributed by atoms with Gasteiger partial charge in [-0.25, -0.2) is 4.79 Å². The van der Waals surface area contributed by atoms with E-state index in [0.717, 1.165) is 4.90 Å². The van der Waals surface area contributed by atoms with Gasteiger partial charge >= 0.3 is 6.03 Å². The Labute approximate surface area is 131 Å². The minimum atomic E-state index is -1.00. The van der Waals surface area contributed by atoms with Crippen molar-refractivity contribution in [3.05, 3.63) is 28.2 Å². The predicted octanol–water partition coefficient (Wildman–Crippen LogP) is 2.26. The fraction of sp³-hybridized carbons (Fsp3) is 0.308. The molecule has 1 heterocycles. The van der Waals surface area contributed by atoms with Crippen molar-refractivity contribution in [2.45, 2.75) is 19.4 Å². The van der Waals surface area contributed by atoms with Crippen molar-refractivity contribution in [3.8, 4) is 0 Å². The van der Waals surface area contributed by atoms with Gasteiger partial charge in [-0.1, -0.05) is 23.2 Å². The molecule has 1 saturated heterocycles. The summed E-state index contributed by atoms with van der Waals surface area (Å²) in [6, 6.07) is 4.00. The van der Waals surface area contributed by atoms with E-state index >= 15 is 0 Å². The van der Waals surface area contributed by atoms with Crippen LogP contribution in [-0.4, -0.2) is 34.8 Å². The fourth-order valence-electron chi connectivity index (χ4n) is 1.89. The number of nitrogens with zero attached hydrogens (tertiary/aromatic N) is 1. The summed E-state index contributed by atoms with van der Waals surface area (Å²) < 4.78 is 0. The van der Waals surface area contributed by atoms with Gasteiger partial charge in [0.2, 0.25) is 5.91 Å². The van der Waals surface area contributed by atoms with Crippen molar-refractivity contribution in [1.29, 1.82) is 0 Å². The number of urea groups is 1. The lowest BCUT2D eigenvalue weighted by Crippen LogP contribution is -2.41. The van der Waals surface area contributed by atoms with E-state index in [-0.39, 0.29) is 11.6 Å². The minimum absolute atomic E-state index is 0.272. The second-order valence-corrected chi connectivity index (χ2v) is 5.96. The molecule has 6 nitrogen and oxygen atoms in total. The molecule has 0 spiro atoms. The fourth-order valence-corrected chi connectivity index (χ4v) is 2.34. The second-order valence-electron chi connectivity index (χ2n) is 5.12. The summed E-state index contributed by atoms with van der Waals surface area (Å²) in [6.07, 6.45) is 0. The lowest BCUT2D eigenvalue weighted by atomic mass is 10.1. The average molecular weight is 330 g/mol. The molecular weight excluding hydrogens is 317 g/mol. The number of nitrogens with one attached hydrogen (secondary N) is 2. The molecule has 0 aliphatic carbocycles. The van der Waals surface area contributed by atoms with Crippen LogP contribution in [0.1, 0.15) is 13.8 Å². The molecule has 1 aliphatic heterocycles. The molecule has 1 aromatic rings. The number of carbonyl (C=O) groups is 3. The first kappa shape index (κ1) is 15.6. The van der Waals surface area contributed by atoms with Crippen LogP contribution in [-0.2, 0) is 9.59 Å². The first-order valence-corrected chi connectivity index (χ1v) is 6.85. The number of carbonyl (C=O) groups excluding carboxylic acids is 3. The number of halogens is 2. The van der Waals surface area contributed by atoms with Crippen LogP contribution in [0.25, 0.3) is 0 Å². The number of anilines is 1. The molecule has 112 valence electrons. The van der Waals surface area contributed by atoms with E-state index in [1.54, 1.807) is 26.0 Å². The van der Waals surface area contributed by atoms with Crippen LogP contribution in [0.3, 0.4) is 0 Å². The Bertz CT molecular complexity index is 631. The molecule has 1 fully saturated rings. The minimum Gasteiger partial charge on any atom is -0.324 e. The number of amides is 4. The molecule has 0 unspecified atom stereocenters. The highest BCUT2D eigenvalue weighted by Gasteiger charge is 2.44. The highest BCUT2D eigenvalue weighted by Crippen LogP contribution is 2.25. The highest BCUT2D eigenvalue weighted by atomic mass is 35.5. The smallest absolute Gasteiger partial charge is 0.324 e. The van der Waals surface area contributed by atoms with Crippen LogP contribution in [0, 0.1) is 0 Å². The van der Waals surface area contributed by atoms with Gasteiger partial charge in [0.05, 0.1) is 10.7 Å². The Kier molecular flexibility index (Phi) is 4.11. The number of benzene rings is 1. The Morgan fingerprint density at radius 3 is 2.52 bits per heavy atom. The average Bonchev–Trinajstić information content (AvgIpc) is 2.55. The molecule has 0 saturated carbocycles. The third-order valence-corrected chi connectivity index (χ3v) is 3.50. The van der Waals surface area contributed by atoms with Gasteiger partial charge in [-0.3, -0.25) is 14.5 Å². The zero-order valence-corrected chi connectivity index (χ0v) is 12.9. The van der Waals surface area contributed by atoms with Crippen LogP contribution < -0.4 is 10.6 Å². The van der Waals surface area contributed by atoms with E-state index < -0.39 is 23.4 Å². The number of hydrogen-bond donors (Lipinski definition) is 2. The van der Waals surface area contributed by atoms with E-state index in [1.165, 1.54) is 6.07 Å². The van der Waals surface area contributed by atoms with Gasteiger partial charge in [0, 0.05) is 5.02 Å². The summed E-state index contributed by atoms with van der Waals surface area (Å²) in [6.45, 7) is 2.76. The molecule has 2 N–H and O–H groups in total. The normalized spacial score (nSPS) is 16.9. The van der Waals surface area contributed by atoms with E-state index in [2.05, 4.69) is 10.6 Å². The molecular formula is C13H13Cl2N3O3. The number of rotatable bonds is 3. The van der Waals surface area contributed by atoms with Gasteiger partial charge in [0.25, 0.3) is 5.91 Å². The van der Waals surface area contributed by atoms with Crippen molar-refractivity contribution in [2.24, 2.45) is 0 Å². The van der Waals surface area contributed by atoms with Crippen LogP contribution in [0.5, 0.6) is 0 Å². The Morgan fingerprint density at radius 1 is 1.33 bits per heavy atom. The van der Waals surface area contributed by atoms with E-state index in [1.807, 2.05) is 0 Å². The van der Waals surface area contributed by atoms with Gasteiger partial charge in [-0.2, -0.15) is 0 Å². The van der Waals surface area contributed by atoms with Crippen LogP contribution in [0.2, 0.25) is 10.0 Å². The van der Waals surface area contributed by atoms with E-state index in [9.17, 15) is 14.4 Å².